The van der Waals surface area contributed by atoms with Gasteiger partial charge in [0.1, 0.15) is 5.82 Å². The number of hydrogen-bond donors (Lipinski definition) is 0. The molecule has 0 unspecified atom stereocenters. The molecule has 7 heteroatoms. The molecule has 25 heavy (non-hydrogen) atoms. The number of hydrogen-bond acceptors (Lipinski definition) is 2. The minimum Gasteiger partial charge on any atom is -0.472 e. The molecule has 3 nitrogen and oxygen atoms in total. The predicted octanol–water partition coefficient (Wildman–Crippen LogP) is 5.29. The van der Waals surface area contributed by atoms with Crippen molar-refractivity contribution in [1.82, 2.24) is 4.57 Å². The normalized spacial score (nSPS) is 16.1. The summed E-state index contributed by atoms with van der Waals surface area (Å²) in [6.07, 6.45) is 3.71. The van der Waals surface area contributed by atoms with Gasteiger partial charge in [-0.3, -0.25) is 4.79 Å². The first kappa shape index (κ1) is 16.0. The van der Waals surface area contributed by atoms with E-state index in [1.165, 1.54) is 24.7 Å². The highest BCUT2D eigenvalue weighted by Gasteiger charge is 2.46. The van der Waals surface area contributed by atoms with E-state index >= 15 is 0 Å². The minimum absolute atomic E-state index is 0.0138. The Morgan fingerprint density at radius 1 is 1.24 bits per heavy atom. The highest BCUT2D eigenvalue weighted by molar-refractivity contribution is 6.30. The van der Waals surface area contributed by atoms with Crippen LogP contribution in [0.15, 0.2) is 47.4 Å². The first-order valence-electron chi connectivity index (χ1n) is 7.53. The van der Waals surface area contributed by atoms with Crippen LogP contribution in [-0.2, 0) is 6.42 Å². The van der Waals surface area contributed by atoms with Crippen LogP contribution < -0.4 is 0 Å². The topological polar surface area (TPSA) is 35.1 Å². The zero-order valence-electron chi connectivity index (χ0n) is 12.7. The third kappa shape index (κ3) is 2.57. The number of benzene rings is 1. The van der Waals surface area contributed by atoms with Gasteiger partial charge in [-0.1, -0.05) is 11.6 Å². The maximum atomic E-state index is 14.0. The SMILES string of the molecule is O=C1c2c(-c3ccoc3)cn(-c3cc(F)cc(Cl)c3)c2CCC1(F)F. The number of nitrogens with zero attached hydrogens (tertiary/aromatic N) is 1. The Morgan fingerprint density at radius 3 is 2.72 bits per heavy atom. The molecule has 0 bridgehead atoms. The number of halogens is 4. The Balaban J connectivity index is 1.99. The summed E-state index contributed by atoms with van der Waals surface area (Å²) < 4.78 is 48.2. The lowest BCUT2D eigenvalue weighted by molar-refractivity contribution is 0.00182. The maximum Gasteiger partial charge on any atom is 0.310 e. The molecule has 0 N–H and O–H groups in total. The second kappa shape index (κ2) is 5.52. The molecule has 2 heterocycles. The quantitative estimate of drug-likeness (QED) is 0.618. The number of furan rings is 1. The number of rotatable bonds is 2. The third-order valence-corrected chi connectivity index (χ3v) is 4.52. The summed E-state index contributed by atoms with van der Waals surface area (Å²) in [6.45, 7) is 0. The molecular weight excluding hydrogens is 355 g/mol. The number of fused-ring (bicyclic) bond motifs is 1. The largest absolute Gasteiger partial charge is 0.472 e. The average Bonchev–Trinajstić information content (AvgIpc) is 3.17. The minimum atomic E-state index is -3.42. The van der Waals surface area contributed by atoms with Crippen LogP contribution in [0, 0.1) is 5.82 Å². The van der Waals surface area contributed by atoms with E-state index in [4.69, 9.17) is 16.0 Å². The van der Waals surface area contributed by atoms with Gasteiger partial charge in [0.2, 0.25) is 5.78 Å². The second-order valence-corrected chi connectivity index (χ2v) is 6.34. The van der Waals surface area contributed by atoms with Crippen LogP contribution in [0.3, 0.4) is 0 Å². The number of aromatic nitrogens is 1. The monoisotopic (exact) mass is 365 g/mol. The van der Waals surface area contributed by atoms with Gasteiger partial charge in [-0.2, -0.15) is 8.78 Å². The van der Waals surface area contributed by atoms with Crippen molar-refractivity contribution in [3.05, 3.63) is 65.1 Å². The molecule has 0 aliphatic heterocycles. The summed E-state index contributed by atoms with van der Waals surface area (Å²) in [6, 6.07) is 5.49. The molecule has 128 valence electrons. The van der Waals surface area contributed by atoms with Crippen molar-refractivity contribution in [3.8, 4) is 16.8 Å². The summed E-state index contributed by atoms with van der Waals surface area (Å²) >= 11 is 5.91. The zero-order valence-corrected chi connectivity index (χ0v) is 13.5. The van der Waals surface area contributed by atoms with E-state index in [9.17, 15) is 18.0 Å². The molecule has 0 saturated carbocycles. The van der Waals surface area contributed by atoms with Crippen molar-refractivity contribution in [2.45, 2.75) is 18.8 Å². The highest BCUT2D eigenvalue weighted by Crippen LogP contribution is 2.40. The van der Waals surface area contributed by atoms with Gasteiger partial charge in [0, 0.05) is 40.1 Å². The summed E-state index contributed by atoms with van der Waals surface area (Å²) in [5, 5.41) is 0.176. The first-order chi connectivity index (χ1) is 11.9. The molecule has 0 radical (unpaired) electrons. The van der Waals surface area contributed by atoms with Gasteiger partial charge in [0.05, 0.1) is 18.1 Å². The van der Waals surface area contributed by atoms with Crippen LogP contribution in [-0.4, -0.2) is 16.3 Å². The Hall–Kier alpha value is -2.47. The summed E-state index contributed by atoms with van der Waals surface area (Å²) in [7, 11) is 0. The fraction of sp³-hybridized carbons (Fsp3) is 0.167. The number of alkyl halides is 2. The first-order valence-corrected chi connectivity index (χ1v) is 7.90. The predicted molar refractivity (Wildman–Crippen MR) is 86.0 cm³/mol. The molecule has 0 saturated heterocycles. The second-order valence-electron chi connectivity index (χ2n) is 5.91. The molecular formula is C18H11ClF3NO2. The molecule has 0 atom stereocenters. The van der Waals surface area contributed by atoms with E-state index in [1.54, 1.807) is 16.8 Å². The van der Waals surface area contributed by atoms with Gasteiger partial charge < -0.3 is 8.98 Å². The molecule has 1 aliphatic rings. The van der Waals surface area contributed by atoms with Gasteiger partial charge >= 0.3 is 5.92 Å². The van der Waals surface area contributed by atoms with Crippen LogP contribution in [0.25, 0.3) is 16.8 Å². The zero-order chi connectivity index (χ0) is 17.8. The van der Waals surface area contributed by atoms with Crippen molar-refractivity contribution in [2.75, 3.05) is 0 Å². The van der Waals surface area contributed by atoms with Gasteiger partial charge in [-0.15, -0.1) is 0 Å². The lowest BCUT2D eigenvalue weighted by Crippen LogP contribution is -2.34. The fourth-order valence-corrected chi connectivity index (χ4v) is 3.38. The standard InChI is InChI=1S/C18H11ClF3NO2/c19-11-5-12(20)7-13(6-11)23-8-14(10-2-4-25-9-10)16-15(23)1-3-18(21,22)17(16)24/h2,4-9H,1,3H2. The van der Waals surface area contributed by atoms with E-state index in [1.807, 2.05) is 0 Å². The van der Waals surface area contributed by atoms with E-state index in [0.29, 0.717) is 22.5 Å². The maximum absolute atomic E-state index is 14.0. The number of Topliss-reactive ketones (excluding diaryl/α,β-unsaturated/α-hetero) is 1. The molecule has 0 spiro atoms. The van der Waals surface area contributed by atoms with Crippen LogP contribution in [0.2, 0.25) is 5.02 Å². The Bertz CT molecular complexity index is 956. The smallest absolute Gasteiger partial charge is 0.310 e. The number of ketones is 1. The van der Waals surface area contributed by atoms with E-state index in [0.717, 1.165) is 6.07 Å². The molecule has 0 fully saturated rings. The van der Waals surface area contributed by atoms with Crippen molar-refractivity contribution in [2.24, 2.45) is 0 Å². The molecule has 0 amide bonds. The highest BCUT2D eigenvalue weighted by atomic mass is 35.5. The van der Waals surface area contributed by atoms with Crippen molar-refractivity contribution in [3.63, 3.8) is 0 Å². The number of carbonyl (C=O) groups is 1. The van der Waals surface area contributed by atoms with Crippen molar-refractivity contribution in [1.29, 1.82) is 0 Å². The Kier molecular flexibility index (Phi) is 3.54. The molecule has 3 aromatic rings. The van der Waals surface area contributed by atoms with E-state index in [2.05, 4.69) is 0 Å². The average molecular weight is 366 g/mol. The Morgan fingerprint density at radius 2 is 2.04 bits per heavy atom. The van der Waals surface area contributed by atoms with Crippen LogP contribution in [0.1, 0.15) is 22.5 Å². The molecule has 2 aromatic heterocycles. The lowest BCUT2D eigenvalue weighted by atomic mass is 9.89. The summed E-state index contributed by atoms with van der Waals surface area (Å²) in [5.41, 5.74) is 1.55. The molecule has 4 rings (SSSR count). The van der Waals surface area contributed by atoms with Crippen molar-refractivity contribution >= 4 is 17.4 Å². The fourth-order valence-electron chi connectivity index (χ4n) is 3.16. The lowest BCUT2D eigenvalue weighted by Gasteiger charge is -2.22. The van der Waals surface area contributed by atoms with Gasteiger partial charge in [-0.25, -0.2) is 4.39 Å². The molecule has 1 aromatic carbocycles. The van der Waals surface area contributed by atoms with Crippen LogP contribution in [0.4, 0.5) is 13.2 Å². The third-order valence-electron chi connectivity index (χ3n) is 4.30. The molecule has 1 aliphatic carbocycles. The Labute approximate surface area is 145 Å². The van der Waals surface area contributed by atoms with Crippen LogP contribution in [0.5, 0.6) is 0 Å². The van der Waals surface area contributed by atoms with Gasteiger partial charge in [-0.05, 0) is 30.7 Å². The van der Waals surface area contributed by atoms with Crippen LogP contribution >= 0.6 is 11.6 Å². The summed E-state index contributed by atoms with van der Waals surface area (Å²) in [4.78, 5) is 12.3. The van der Waals surface area contributed by atoms with E-state index in [-0.39, 0.29) is 17.0 Å². The van der Waals surface area contributed by atoms with Gasteiger partial charge in [0.25, 0.3) is 0 Å². The number of carbonyl (C=O) groups excluding carboxylic acids is 1. The summed E-state index contributed by atoms with van der Waals surface area (Å²) in [5.74, 6) is -5.20. The van der Waals surface area contributed by atoms with Crippen molar-refractivity contribution < 1.29 is 22.4 Å². The van der Waals surface area contributed by atoms with Gasteiger partial charge in [0.15, 0.2) is 0 Å². The van der Waals surface area contributed by atoms with E-state index < -0.39 is 23.9 Å².